The Kier molecular flexibility index (Phi) is 4.80. The third kappa shape index (κ3) is 3.84. The van der Waals surface area contributed by atoms with E-state index in [1.54, 1.807) is 33.1 Å². The van der Waals surface area contributed by atoms with Crippen LogP contribution in [-0.2, 0) is 19.6 Å². The van der Waals surface area contributed by atoms with Crippen molar-refractivity contribution in [1.82, 2.24) is 14.7 Å². The van der Waals surface area contributed by atoms with Crippen LogP contribution in [0.25, 0.3) is 0 Å². The van der Waals surface area contributed by atoms with Gasteiger partial charge in [-0.3, -0.25) is 4.79 Å². The molecule has 0 saturated carbocycles. The first-order valence-electron chi connectivity index (χ1n) is 8.01. The molecule has 0 unspecified atom stereocenters. The molecule has 0 spiro atoms. The average Bonchev–Trinajstić information content (AvgIpc) is 2.85. The summed E-state index contributed by atoms with van der Waals surface area (Å²) in [4.78, 5) is 29.3. The molecule has 0 aliphatic carbocycles. The number of methoxy groups -OCH3 is 1. The van der Waals surface area contributed by atoms with Crippen LogP contribution in [-0.4, -0.2) is 86.5 Å². The van der Waals surface area contributed by atoms with Crippen molar-refractivity contribution in [3.05, 3.63) is 23.9 Å². The predicted molar refractivity (Wildman–Crippen MR) is 90.3 cm³/mol. The number of carbonyl (C=O) groups excluding carboxylic acids is 2. The highest BCUT2D eigenvalue weighted by molar-refractivity contribution is 7.90. The van der Waals surface area contributed by atoms with Gasteiger partial charge in [-0.2, -0.15) is 0 Å². The molecular formula is C15H20N4O5S. The Hall–Kier alpha value is -2.36. The third-order valence-corrected chi connectivity index (χ3v) is 5.45. The zero-order valence-corrected chi connectivity index (χ0v) is 14.7. The number of nitrogens with zero attached hydrogens (tertiary/aromatic N) is 4. The lowest BCUT2D eigenvalue weighted by molar-refractivity contribution is -0.126. The molecule has 3 aliphatic heterocycles. The number of amidine groups is 1. The maximum Gasteiger partial charge on any atom is 0.409 e. The van der Waals surface area contributed by atoms with E-state index in [2.05, 4.69) is 4.40 Å². The van der Waals surface area contributed by atoms with Gasteiger partial charge in [0, 0.05) is 38.9 Å². The van der Waals surface area contributed by atoms with E-state index >= 15 is 0 Å². The second-order valence-electron chi connectivity index (χ2n) is 5.95. The lowest BCUT2D eigenvalue weighted by atomic mass is 10.1. The Balaban J connectivity index is 1.69. The van der Waals surface area contributed by atoms with Crippen LogP contribution in [0.3, 0.4) is 0 Å². The van der Waals surface area contributed by atoms with Gasteiger partial charge in [0.25, 0.3) is 15.9 Å². The van der Waals surface area contributed by atoms with Crippen LogP contribution in [0.2, 0.25) is 0 Å². The van der Waals surface area contributed by atoms with Crippen LogP contribution in [0.5, 0.6) is 0 Å². The number of ether oxygens (including phenoxy) is 1. The number of fused-ring (bicyclic) bond motifs is 1. The van der Waals surface area contributed by atoms with Crippen molar-refractivity contribution in [3.63, 3.8) is 0 Å². The summed E-state index contributed by atoms with van der Waals surface area (Å²) in [5, 5.41) is 0. The van der Waals surface area contributed by atoms with Crippen molar-refractivity contribution in [2.24, 2.45) is 4.40 Å². The van der Waals surface area contributed by atoms with Gasteiger partial charge in [-0.05, 0) is 18.6 Å². The molecule has 0 aromatic carbocycles. The highest BCUT2D eigenvalue weighted by atomic mass is 32.2. The molecule has 0 aromatic rings. The molecule has 1 fully saturated rings. The number of amides is 2. The summed E-state index contributed by atoms with van der Waals surface area (Å²) in [6.45, 7) is 2.22. The first-order valence-corrected chi connectivity index (χ1v) is 9.62. The summed E-state index contributed by atoms with van der Waals surface area (Å²) in [5.41, 5.74) is 0.477. The van der Waals surface area contributed by atoms with Crippen LogP contribution in [0.4, 0.5) is 4.79 Å². The molecule has 1 saturated heterocycles. The van der Waals surface area contributed by atoms with Gasteiger partial charge in [0.05, 0.1) is 18.4 Å². The maximum atomic E-state index is 12.7. The third-order valence-electron chi connectivity index (χ3n) is 4.29. The highest BCUT2D eigenvalue weighted by Gasteiger charge is 2.28. The predicted octanol–water partition coefficient (Wildman–Crippen LogP) is -0.215. The monoisotopic (exact) mass is 368 g/mol. The van der Waals surface area contributed by atoms with E-state index < -0.39 is 10.0 Å². The van der Waals surface area contributed by atoms with Gasteiger partial charge in [-0.15, -0.1) is 4.40 Å². The molecule has 0 aromatic heterocycles. The highest BCUT2D eigenvalue weighted by Crippen LogP contribution is 2.18. The second kappa shape index (κ2) is 6.87. The molecule has 0 atom stereocenters. The first-order chi connectivity index (χ1) is 11.9. The van der Waals surface area contributed by atoms with Crippen molar-refractivity contribution in [2.75, 3.05) is 45.6 Å². The lowest BCUT2D eigenvalue weighted by Crippen LogP contribution is -2.40. The van der Waals surface area contributed by atoms with Gasteiger partial charge in [0.1, 0.15) is 5.84 Å². The van der Waals surface area contributed by atoms with Gasteiger partial charge in [0.15, 0.2) is 0 Å². The summed E-state index contributed by atoms with van der Waals surface area (Å²) >= 11 is 0. The minimum absolute atomic E-state index is 0.0693. The SMILES string of the molecule is COC(=O)N1CCCN(C(=O)C2=CN3CCS(=O)(=O)N=C3C=C2)CC1. The molecule has 3 heterocycles. The van der Waals surface area contributed by atoms with Crippen LogP contribution < -0.4 is 0 Å². The number of hydrogen-bond donors (Lipinski definition) is 0. The Morgan fingerprint density at radius 1 is 1.08 bits per heavy atom. The minimum atomic E-state index is -3.41. The van der Waals surface area contributed by atoms with Crippen LogP contribution in [0.15, 0.2) is 28.3 Å². The maximum absolute atomic E-state index is 12.7. The second-order valence-corrected chi connectivity index (χ2v) is 7.70. The molecule has 0 N–H and O–H groups in total. The Morgan fingerprint density at radius 3 is 2.56 bits per heavy atom. The zero-order chi connectivity index (χ0) is 18.0. The van der Waals surface area contributed by atoms with Crippen molar-refractivity contribution in [3.8, 4) is 0 Å². The first kappa shape index (κ1) is 17.5. The summed E-state index contributed by atoms with van der Waals surface area (Å²) in [7, 11) is -2.07. The molecule has 3 aliphatic rings. The Bertz CT molecular complexity index is 771. The van der Waals surface area contributed by atoms with E-state index in [0.717, 1.165) is 0 Å². The quantitative estimate of drug-likeness (QED) is 0.635. The normalized spacial score (nSPS) is 22.5. The van der Waals surface area contributed by atoms with Gasteiger partial charge >= 0.3 is 6.09 Å². The minimum Gasteiger partial charge on any atom is -0.453 e. The van der Waals surface area contributed by atoms with E-state index in [4.69, 9.17) is 4.74 Å². The van der Waals surface area contributed by atoms with Gasteiger partial charge < -0.3 is 19.4 Å². The topological polar surface area (TPSA) is 99.6 Å². The molecule has 25 heavy (non-hydrogen) atoms. The fourth-order valence-corrected chi connectivity index (χ4v) is 3.91. The number of hydrogen-bond acceptors (Lipinski definition) is 6. The summed E-state index contributed by atoms with van der Waals surface area (Å²) in [5.74, 6) is 0.117. The zero-order valence-electron chi connectivity index (χ0n) is 13.9. The van der Waals surface area contributed by atoms with Crippen molar-refractivity contribution in [1.29, 1.82) is 0 Å². The standard InChI is InChI=1S/C15H20N4O5S/c1-24-15(21)18-6-2-5-17(7-8-18)14(20)12-3-4-13-16-25(22,23)10-9-19(13)11-12/h3-4,11H,2,5-10H2,1H3. The van der Waals surface area contributed by atoms with E-state index in [1.807, 2.05) is 0 Å². The van der Waals surface area contributed by atoms with Crippen molar-refractivity contribution in [2.45, 2.75) is 6.42 Å². The molecule has 0 radical (unpaired) electrons. The number of rotatable bonds is 1. The Labute approximate surface area is 146 Å². The van der Waals surface area contributed by atoms with Crippen LogP contribution in [0, 0.1) is 0 Å². The molecular weight excluding hydrogens is 348 g/mol. The lowest BCUT2D eigenvalue weighted by Gasteiger charge is -2.28. The van der Waals surface area contributed by atoms with Gasteiger partial charge in [0.2, 0.25) is 0 Å². The van der Waals surface area contributed by atoms with Gasteiger partial charge in [-0.1, -0.05) is 0 Å². The molecule has 2 amide bonds. The molecule has 0 bridgehead atoms. The van der Waals surface area contributed by atoms with Crippen molar-refractivity contribution < 1.29 is 22.7 Å². The molecule has 136 valence electrons. The number of sulfonamides is 1. The molecule has 10 heteroatoms. The molecule has 9 nitrogen and oxygen atoms in total. The summed E-state index contributed by atoms with van der Waals surface area (Å²) < 4.78 is 31.5. The van der Waals surface area contributed by atoms with Crippen LogP contribution in [0.1, 0.15) is 6.42 Å². The average molecular weight is 368 g/mol. The van der Waals surface area contributed by atoms with E-state index in [0.29, 0.717) is 44.0 Å². The molecule has 3 rings (SSSR count). The summed E-state index contributed by atoms with van der Waals surface area (Å²) in [6.07, 6.45) is 5.05. The summed E-state index contributed by atoms with van der Waals surface area (Å²) in [6, 6.07) is 0. The fourth-order valence-electron chi connectivity index (χ4n) is 2.94. The van der Waals surface area contributed by atoms with E-state index in [-0.39, 0.29) is 24.3 Å². The smallest absolute Gasteiger partial charge is 0.409 e. The van der Waals surface area contributed by atoms with Crippen molar-refractivity contribution >= 4 is 27.9 Å². The number of carbonyl (C=O) groups is 2. The Morgan fingerprint density at radius 2 is 1.80 bits per heavy atom. The van der Waals surface area contributed by atoms with Gasteiger partial charge in [-0.25, -0.2) is 13.2 Å². The van der Waals surface area contributed by atoms with Crippen LogP contribution >= 0.6 is 0 Å². The fraction of sp³-hybridized carbons (Fsp3) is 0.533. The van der Waals surface area contributed by atoms with E-state index in [9.17, 15) is 18.0 Å². The van der Waals surface area contributed by atoms with E-state index in [1.165, 1.54) is 7.11 Å². The largest absolute Gasteiger partial charge is 0.453 e.